The van der Waals surface area contributed by atoms with Crippen molar-refractivity contribution in [3.8, 4) is 0 Å². The Bertz CT molecular complexity index is 456. The molecule has 0 aromatic carbocycles. The predicted molar refractivity (Wildman–Crippen MR) is 89.4 cm³/mol. The summed E-state index contributed by atoms with van der Waals surface area (Å²) in [6.45, 7) is 4.98. The molecule has 0 atom stereocenters. The number of anilines is 1. The van der Waals surface area contributed by atoms with Crippen molar-refractivity contribution in [2.24, 2.45) is 0 Å². The molecule has 0 radical (unpaired) electrons. The highest BCUT2D eigenvalue weighted by Crippen LogP contribution is 2.23. The second-order valence-corrected chi connectivity index (χ2v) is 6.48. The molecule has 2 fully saturated rings. The Kier molecular flexibility index (Phi) is 6.19. The van der Waals surface area contributed by atoms with E-state index >= 15 is 0 Å². The summed E-state index contributed by atoms with van der Waals surface area (Å²) in [5, 5.41) is 9.37. The van der Waals surface area contributed by atoms with E-state index in [0.29, 0.717) is 6.04 Å². The van der Waals surface area contributed by atoms with Crippen molar-refractivity contribution in [2.75, 3.05) is 44.4 Å². The first-order chi connectivity index (χ1) is 11.4. The van der Waals surface area contributed by atoms with Crippen LogP contribution in [0.25, 0.3) is 0 Å². The Balaban J connectivity index is 1.60. The Morgan fingerprint density at radius 1 is 1.13 bits per heavy atom. The zero-order chi connectivity index (χ0) is 15.9. The molecule has 1 aromatic heterocycles. The van der Waals surface area contributed by atoms with Crippen LogP contribution in [0.5, 0.6) is 0 Å². The summed E-state index contributed by atoms with van der Waals surface area (Å²) in [7, 11) is 0. The van der Waals surface area contributed by atoms with Gasteiger partial charge in [0.25, 0.3) is 0 Å². The van der Waals surface area contributed by atoms with Crippen LogP contribution in [0.1, 0.15) is 37.7 Å². The summed E-state index contributed by atoms with van der Waals surface area (Å²) in [4.78, 5) is 13.6. The minimum absolute atomic E-state index is 0.212. The van der Waals surface area contributed by atoms with E-state index in [0.717, 1.165) is 50.9 Å². The van der Waals surface area contributed by atoms with Gasteiger partial charge in [-0.25, -0.2) is 9.97 Å². The highest BCUT2D eigenvalue weighted by molar-refractivity contribution is 5.30. The van der Waals surface area contributed by atoms with Crippen LogP contribution < -0.4 is 4.90 Å². The Hall–Kier alpha value is -1.24. The molecule has 128 valence electrons. The fourth-order valence-corrected chi connectivity index (χ4v) is 3.56. The average molecular weight is 320 g/mol. The fourth-order valence-electron chi connectivity index (χ4n) is 3.56. The number of aliphatic hydroxyl groups is 1. The fraction of sp³-hybridized carbons (Fsp3) is 0.765. The van der Waals surface area contributed by atoms with Gasteiger partial charge in [-0.3, -0.25) is 4.90 Å². The minimum atomic E-state index is 0.212. The normalized spacial score (nSPS) is 20.2. The summed E-state index contributed by atoms with van der Waals surface area (Å²) in [6.07, 6.45) is 10.3. The number of rotatable bonds is 6. The van der Waals surface area contributed by atoms with Crippen LogP contribution in [-0.4, -0.2) is 65.5 Å². The smallest absolute Gasteiger partial charge is 0.225 e. The van der Waals surface area contributed by atoms with E-state index in [9.17, 15) is 5.11 Å². The van der Waals surface area contributed by atoms with Gasteiger partial charge in [-0.05, 0) is 12.8 Å². The van der Waals surface area contributed by atoms with Crippen LogP contribution in [0.3, 0.4) is 0 Å². The van der Waals surface area contributed by atoms with E-state index in [2.05, 4.69) is 19.8 Å². The molecule has 1 saturated heterocycles. The van der Waals surface area contributed by atoms with Crippen LogP contribution in [0.4, 0.5) is 5.95 Å². The predicted octanol–water partition coefficient (Wildman–Crippen LogP) is 1.44. The number of hydrogen-bond donors (Lipinski definition) is 1. The van der Waals surface area contributed by atoms with Crippen LogP contribution in [0, 0.1) is 0 Å². The molecule has 0 unspecified atom stereocenters. The van der Waals surface area contributed by atoms with Crippen LogP contribution >= 0.6 is 0 Å². The number of ether oxygens (including phenoxy) is 1. The third-order valence-corrected chi connectivity index (χ3v) is 4.85. The van der Waals surface area contributed by atoms with Crippen molar-refractivity contribution in [1.29, 1.82) is 0 Å². The molecule has 1 N–H and O–H groups in total. The van der Waals surface area contributed by atoms with Gasteiger partial charge in [-0.15, -0.1) is 0 Å². The molecule has 1 aliphatic heterocycles. The minimum Gasteiger partial charge on any atom is -0.395 e. The van der Waals surface area contributed by atoms with Crippen molar-refractivity contribution in [3.63, 3.8) is 0 Å². The molecular weight excluding hydrogens is 292 g/mol. The van der Waals surface area contributed by atoms with Crippen molar-refractivity contribution < 1.29 is 9.84 Å². The second-order valence-electron chi connectivity index (χ2n) is 6.48. The Morgan fingerprint density at radius 2 is 1.83 bits per heavy atom. The SMILES string of the molecule is OCCN(Cc1cnc(N2CCOCC2)nc1)C1CCCCC1. The molecule has 1 aliphatic carbocycles. The third kappa shape index (κ3) is 4.62. The molecule has 23 heavy (non-hydrogen) atoms. The molecule has 1 saturated carbocycles. The monoisotopic (exact) mass is 320 g/mol. The molecule has 0 spiro atoms. The van der Waals surface area contributed by atoms with Gasteiger partial charge >= 0.3 is 0 Å². The summed E-state index contributed by atoms with van der Waals surface area (Å²) in [5.74, 6) is 0.795. The summed E-state index contributed by atoms with van der Waals surface area (Å²) in [5.41, 5.74) is 1.13. The summed E-state index contributed by atoms with van der Waals surface area (Å²) in [6, 6.07) is 0.592. The summed E-state index contributed by atoms with van der Waals surface area (Å²) < 4.78 is 5.36. The van der Waals surface area contributed by atoms with Gasteiger partial charge in [0.05, 0.1) is 19.8 Å². The lowest BCUT2D eigenvalue weighted by Gasteiger charge is -2.34. The van der Waals surface area contributed by atoms with E-state index in [1.165, 1.54) is 32.1 Å². The van der Waals surface area contributed by atoms with Crippen molar-refractivity contribution in [1.82, 2.24) is 14.9 Å². The number of aliphatic hydroxyl groups excluding tert-OH is 1. The number of aromatic nitrogens is 2. The standard InChI is InChI=1S/C17H28N4O2/c22-9-6-21(16-4-2-1-3-5-16)14-15-12-18-17(19-13-15)20-7-10-23-11-8-20/h12-13,16,22H,1-11,14H2. The number of nitrogens with zero attached hydrogens (tertiary/aromatic N) is 4. The molecule has 1 aromatic rings. The van der Waals surface area contributed by atoms with Gasteiger partial charge in [-0.1, -0.05) is 19.3 Å². The van der Waals surface area contributed by atoms with Gasteiger partial charge in [0.15, 0.2) is 0 Å². The van der Waals surface area contributed by atoms with Gasteiger partial charge in [-0.2, -0.15) is 0 Å². The van der Waals surface area contributed by atoms with Crippen molar-refractivity contribution >= 4 is 5.95 Å². The molecule has 6 nitrogen and oxygen atoms in total. The molecule has 2 aliphatic rings. The van der Waals surface area contributed by atoms with Gasteiger partial charge < -0.3 is 14.7 Å². The molecule has 0 bridgehead atoms. The average Bonchev–Trinajstić information content (AvgIpc) is 2.63. The number of morpholine rings is 1. The van der Waals surface area contributed by atoms with Crippen molar-refractivity contribution in [3.05, 3.63) is 18.0 Å². The van der Waals surface area contributed by atoms with Crippen LogP contribution in [0.2, 0.25) is 0 Å². The van der Waals surface area contributed by atoms with E-state index in [-0.39, 0.29) is 6.61 Å². The highest BCUT2D eigenvalue weighted by atomic mass is 16.5. The topological polar surface area (TPSA) is 61.7 Å². The first kappa shape index (κ1) is 16.6. The molecule has 0 amide bonds. The number of hydrogen-bond acceptors (Lipinski definition) is 6. The first-order valence-corrected chi connectivity index (χ1v) is 8.85. The lowest BCUT2D eigenvalue weighted by atomic mass is 9.94. The zero-order valence-electron chi connectivity index (χ0n) is 13.9. The highest BCUT2D eigenvalue weighted by Gasteiger charge is 2.21. The third-order valence-electron chi connectivity index (χ3n) is 4.85. The largest absolute Gasteiger partial charge is 0.395 e. The lowest BCUT2D eigenvalue weighted by molar-refractivity contribution is 0.117. The molecule has 3 rings (SSSR count). The Labute approximate surface area is 138 Å². The Morgan fingerprint density at radius 3 is 2.48 bits per heavy atom. The lowest BCUT2D eigenvalue weighted by Crippen LogP contribution is -2.38. The quantitative estimate of drug-likeness (QED) is 0.856. The maximum Gasteiger partial charge on any atom is 0.225 e. The van der Waals surface area contributed by atoms with E-state index in [1.807, 2.05) is 12.4 Å². The first-order valence-electron chi connectivity index (χ1n) is 8.85. The second kappa shape index (κ2) is 8.57. The van der Waals surface area contributed by atoms with Crippen molar-refractivity contribution in [2.45, 2.75) is 44.7 Å². The van der Waals surface area contributed by atoms with Crippen LogP contribution in [0.15, 0.2) is 12.4 Å². The van der Waals surface area contributed by atoms with E-state index in [1.54, 1.807) is 0 Å². The summed E-state index contributed by atoms with van der Waals surface area (Å²) >= 11 is 0. The van der Waals surface area contributed by atoms with Gasteiger partial charge in [0, 0.05) is 50.2 Å². The molecular formula is C17H28N4O2. The molecule has 6 heteroatoms. The van der Waals surface area contributed by atoms with Gasteiger partial charge in [0.2, 0.25) is 5.95 Å². The van der Waals surface area contributed by atoms with E-state index in [4.69, 9.17) is 4.74 Å². The van der Waals surface area contributed by atoms with Crippen LogP contribution in [-0.2, 0) is 11.3 Å². The van der Waals surface area contributed by atoms with Gasteiger partial charge in [0.1, 0.15) is 0 Å². The maximum absolute atomic E-state index is 9.37. The molecule has 2 heterocycles. The maximum atomic E-state index is 9.37. The van der Waals surface area contributed by atoms with E-state index < -0.39 is 0 Å². The zero-order valence-corrected chi connectivity index (χ0v) is 13.9.